The quantitative estimate of drug-likeness (QED) is 0.331. The molecule has 0 aromatic heterocycles. The molecule has 0 aliphatic heterocycles. The van der Waals surface area contributed by atoms with Crippen molar-refractivity contribution in [3.63, 3.8) is 0 Å². The van der Waals surface area contributed by atoms with Gasteiger partial charge in [0.1, 0.15) is 0 Å². The van der Waals surface area contributed by atoms with Crippen molar-refractivity contribution in [1.82, 2.24) is 5.32 Å². The van der Waals surface area contributed by atoms with Gasteiger partial charge in [-0.05, 0) is 37.0 Å². The molecule has 0 amide bonds. The van der Waals surface area contributed by atoms with Crippen LogP contribution in [-0.2, 0) is 6.54 Å². The monoisotopic (exact) mass is 430 g/mol. The van der Waals surface area contributed by atoms with Gasteiger partial charge in [0.15, 0.2) is 5.96 Å². The van der Waals surface area contributed by atoms with E-state index in [0.717, 1.165) is 0 Å². The van der Waals surface area contributed by atoms with Crippen LogP contribution in [0.1, 0.15) is 49.7 Å². The average Bonchev–Trinajstić information content (AvgIpc) is 2.74. The first kappa shape index (κ1) is 20.1. The number of aliphatic imine (C=N–C) groups is 1. The Morgan fingerprint density at radius 3 is 2.48 bits per heavy atom. The lowest BCUT2D eigenvalue weighted by Crippen LogP contribution is -2.39. The fraction of sp³-hybridized carbons (Fsp3) is 0.611. The molecule has 4 nitrogen and oxygen atoms in total. The van der Waals surface area contributed by atoms with Crippen LogP contribution < -0.4 is 16.0 Å². The first-order valence-corrected chi connectivity index (χ1v) is 8.39. The second-order valence-corrected chi connectivity index (χ2v) is 6.56. The van der Waals surface area contributed by atoms with Gasteiger partial charge in [0.2, 0.25) is 0 Å². The normalized spacial score (nSPS) is 16.4. The minimum atomic E-state index is 0. The summed E-state index contributed by atoms with van der Waals surface area (Å²) < 4.78 is 0. The predicted octanol–water partition coefficient (Wildman–Crippen LogP) is 3.81. The van der Waals surface area contributed by atoms with E-state index in [1.165, 1.54) is 55.3 Å². The summed E-state index contributed by atoms with van der Waals surface area (Å²) in [5.74, 6) is 0.581. The van der Waals surface area contributed by atoms with Crippen molar-refractivity contribution in [2.75, 3.05) is 19.0 Å². The fourth-order valence-electron chi connectivity index (χ4n) is 3.07. The van der Waals surface area contributed by atoms with Crippen molar-refractivity contribution in [1.29, 1.82) is 0 Å². The molecule has 2 rings (SSSR count). The molecule has 0 heterocycles. The van der Waals surface area contributed by atoms with Gasteiger partial charge >= 0.3 is 0 Å². The van der Waals surface area contributed by atoms with Gasteiger partial charge < -0.3 is 16.0 Å². The minimum absolute atomic E-state index is 0. The zero-order chi connectivity index (χ0) is 15.9. The number of nitrogens with one attached hydrogen (secondary N) is 1. The Balaban J connectivity index is 0.00000264. The van der Waals surface area contributed by atoms with Crippen LogP contribution in [0.25, 0.3) is 0 Å². The van der Waals surface area contributed by atoms with Crippen LogP contribution in [0.5, 0.6) is 0 Å². The van der Waals surface area contributed by atoms with Crippen LogP contribution in [-0.4, -0.2) is 26.1 Å². The highest BCUT2D eigenvalue weighted by Crippen LogP contribution is 2.21. The van der Waals surface area contributed by atoms with Crippen LogP contribution in [0.15, 0.2) is 23.2 Å². The summed E-state index contributed by atoms with van der Waals surface area (Å²) in [5, 5.41) is 3.40. The van der Waals surface area contributed by atoms with Gasteiger partial charge in [-0.2, -0.15) is 0 Å². The van der Waals surface area contributed by atoms with Crippen molar-refractivity contribution in [2.24, 2.45) is 10.7 Å². The number of benzene rings is 1. The number of anilines is 1. The first-order chi connectivity index (χ1) is 10.6. The molecule has 1 aromatic rings. The van der Waals surface area contributed by atoms with Crippen molar-refractivity contribution in [3.8, 4) is 0 Å². The molecule has 1 aromatic carbocycles. The third kappa shape index (κ3) is 6.57. The Morgan fingerprint density at radius 1 is 1.22 bits per heavy atom. The molecule has 5 heteroatoms. The van der Waals surface area contributed by atoms with E-state index in [1.807, 2.05) is 0 Å². The Labute approximate surface area is 157 Å². The van der Waals surface area contributed by atoms with Gasteiger partial charge in [-0.15, -0.1) is 24.0 Å². The molecule has 1 fully saturated rings. The number of hydrogen-bond acceptors (Lipinski definition) is 2. The number of nitrogens with zero attached hydrogens (tertiary/aromatic N) is 2. The van der Waals surface area contributed by atoms with Crippen LogP contribution in [0, 0.1) is 6.92 Å². The molecule has 23 heavy (non-hydrogen) atoms. The molecular weight excluding hydrogens is 399 g/mol. The molecule has 1 aliphatic carbocycles. The smallest absolute Gasteiger partial charge is 0.189 e. The zero-order valence-corrected chi connectivity index (χ0v) is 17.0. The van der Waals surface area contributed by atoms with Crippen molar-refractivity contribution in [2.45, 2.75) is 58.0 Å². The number of aryl methyl sites for hydroxylation is 1. The maximum absolute atomic E-state index is 6.08. The summed E-state index contributed by atoms with van der Waals surface area (Å²) >= 11 is 0. The third-order valence-electron chi connectivity index (χ3n) is 4.35. The molecule has 3 N–H and O–H groups in total. The molecule has 130 valence electrons. The highest BCUT2D eigenvalue weighted by Gasteiger charge is 2.12. The summed E-state index contributed by atoms with van der Waals surface area (Å²) in [7, 11) is 4.13. The third-order valence-corrected chi connectivity index (χ3v) is 4.35. The summed E-state index contributed by atoms with van der Waals surface area (Å²) in [5.41, 5.74) is 9.77. The number of halogens is 1. The van der Waals surface area contributed by atoms with Crippen LogP contribution >= 0.6 is 24.0 Å². The van der Waals surface area contributed by atoms with E-state index >= 15 is 0 Å². The fourth-order valence-corrected chi connectivity index (χ4v) is 3.07. The predicted molar refractivity (Wildman–Crippen MR) is 111 cm³/mol. The van der Waals surface area contributed by atoms with Crippen LogP contribution in [0.4, 0.5) is 5.69 Å². The van der Waals surface area contributed by atoms with Crippen molar-refractivity contribution >= 4 is 35.6 Å². The van der Waals surface area contributed by atoms with Gasteiger partial charge in [0.25, 0.3) is 0 Å². The second-order valence-electron chi connectivity index (χ2n) is 6.56. The number of hydrogen-bond donors (Lipinski definition) is 2. The van der Waals surface area contributed by atoms with Gasteiger partial charge in [-0.25, -0.2) is 4.99 Å². The van der Waals surface area contributed by atoms with E-state index in [2.05, 4.69) is 54.4 Å². The van der Waals surface area contributed by atoms with E-state index in [4.69, 9.17) is 5.73 Å². The summed E-state index contributed by atoms with van der Waals surface area (Å²) in [6, 6.07) is 6.97. The zero-order valence-electron chi connectivity index (χ0n) is 14.6. The lowest BCUT2D eigenvalue weighted by molar-refractivity contribution is 0.530. The van der Waals surface area contributed by atoms with Crippen molar-refractivity contribution in [3.05, 3.63) is 29.3 Å². The van der Waals surface area contributed by atoms with Gasteiger partial charge in [0, 0.05) is 25.8 Å². The molecule has 0 radical (unpaired) electrons. The van der Waals surface area contributed by atoms with E-state index < -0.39 is 0 Å². The van der Waals surface area contributed by atoms with E-state index in [-0.39, 0.29) is 24.0 Å². The van der Waals surface area contributed by atoms with E-state index in [1.54, 1.807) is 0 Å². The summed E-state index contributed by atoms with van der Waals surface area (Å²) in [4.78, 5) is 6.68. The molecular formula is C18H31IN4. The highest BCUT2D eigenvalue weighted by atomic mass is 127. The number of guanidine groups is 1. The average molecular weight is 430 g/mol. The molecule has 0 bridgehead atoms. The molecule has 0 atom stereocenters. The second kappa shape index (κ2) is 10.0. The number of rotatable bonds is 4. The Morgan fingerprint density at radius 2 is 1.87 bits per heavy atom. The Hall–Kier alpha value is -0.980. The maximum Gasteiger partial charge on any atom is 0.189 e. The topological polar surface area (TPSA) is 53.6 Å². The van der Waals surface area contributed by atoms with Crippen LogP contribution in [0.2, 0.25) is 0 Å². The Kier molecular flexibility index (Phi) is 8.73. The van der Waals surface area contributed by atoms with Gasteiger partial charge in [0.05, 0.1) is 6.54 Å². The maximum atomic E-state index is 6.08. The van der Waals surface area contributed by atoms with Gasteiger partial charge in [-0.1, -0.05) is 37.8 Å². The van der Waals surface area contributed by atoms with Crippen molar-refractivity contribution < 1.29 is 0 Å². The highest BCUT2D eigenvalue weighted by molar-refractivity contribution is 14.0. The standard InChI is InChI=1S/C18H30N4.HI/c1-14-10-11-15(17(12-14)22(2)3)13-20-18(19)21-16-8-6-4-5-7-9-16;/h10-12,16H,4-9,13H2,1-3H3,(H3,19,20,21);1H. The summed E-state index contributed by atoms with van der Waals surface area (Å²) in [6.45, 7) is 2.74. The summed E-state index contributed by atoms with van der Waals surface area (Å²) in [6.07, 6.45) is 7.73. The number of nitrogens with two attached hydrogens (primary N) is 1. The van der Waals surface area contributed by atoms with Crippen LogP contribution in [0.3, 0.4) is 0 Å². The SMILES string of the molecule is Cc1ccc(CN=C(N)NC2CCCCCC2)c(N(C)C)c1.I. The minimum Gasteiger partial charge on any atom is -0.377 e. The molecule has 0 saturated heterocycles. The van der Waals surface area contributed by atoms with E-state index in [9.17, 15) is 0 Å². The first-order valence-electron chi connectivity index (χ1n) is 8.39. The molecule has 1 aliphatic rings. The van der Waals surface area contributed by atoms with E-state index in [0.29, 0.717) is 18.5 Å². The molecule has 1 saturated carbocycles. The molecule has 0 unspecified atom stereocenters. The lowest BCUT2D eigenvalue weighted by atomic mass is 10.1. The lowest BCUT2D eigenvalue weighted by Gasteiger charge is -2.19. The molecule has 0 spiro atoms. The largest absolute Gasteiger partial charge is 0.377 e. The van der Waals surface area contributed by atoms with Gasteiger partial charge in [-0.3, -0.25) is 0 Å². The Bertz CT molecular complexity index is 506.